The highest BCUT2D eigenvalue weighted by Crippen LogP contribution is 2.25. The van der Waals surface area contributed by atoms with E-state index in [-0.39, 0.29) is 18.5 Å². The summed E-state index contributed by atoms with van der Waals surface area (Å²) < 4.78 is 11.0. The van der Waals surface area contributed by atoms with Gasteiger partial charge >= 0.3 is 0 Å². The van der Waals surface area contributed by atoms with Gasteiger partial charge in [0.25, 0.3) is 0 Å². The van der Waals surface area contributed by atoms with Crippen molar-refractivity contribution in [3.63, 3.8) is 0 Å². The molecule has 3 aromatic rings. The molecular formula is C25H28N2O3. The molecule has 0 aromatic heterocycles. The first-order chi connectivity index (χ1) is 14.8. The normalized spacial score (nSPS) is 11.5. The Hall–Kier alpha value is -3.31. The number of hydrogen-bond acceptors (Lipinski definition) is 4. The number of nitrogens with one attached hydrogen (secondary N) is 2. The highest BCUT2D eigenvalue weighted by atomic mass is 16.5. The fraction of sp³-hybridized carbons (Fsp3) is 0.240. The molecule has 156 valence electrons. The van der Waals surface area contributed by atoms with Crippen molar-refractivity contribution in [2.45, 2.75) is 12.5 Å². The van der Waals surface area contributed by atoms with Crippen LogP contribution in [0.4, 0.5) is 0 Å². The van der Waals surface area contributed by atoms with Crippen molar-refractivity contribution >= 4 is 5.91 Å². The molecule has 0 aliphatic carbocycles. The Kier molecular flexibility index (Phi) is 8.30. The van der Waals surface area contributed by atoms with Crippen LogP contribution in [-0.2, 0) is 11.2 Å². The Labute approximate surface area is 178 Å². The number of ether oxygens (including phenoxy) is 2. The molecule has 3 aromatic carbocycles. The van der Waals surface area contributed by atoms with Crippen LogP contribution in [0.2, 0.25) is 0 Å². The van der Waals surface area contributed by atoms with E-state index >= 15 is 0 Å². The Morgan fingerprint density at radius 1 is 0.867 bits per heavy atom. The van der Waals surface area contributed by atoms with Crippen molar-refractivity contribution in [1.29, 1.82) is 0 Å². The van der Waals surface area contributed by atoms with E-state index in [1.54, 1.807) is 7.11 Å². The zero-order chi connectivity index (χ0) is 21.0. The number of hydrogen-bond donors (Lipinski definition) is 2. The van der Waals surface area contributed by atoms with E-state index in [0.29, 0.717) is 24.7 Å². The van der Waals surface area contributed by atoms with E-state index in [2.05, 4.69) is 22.8 Å². The molecule has 0 bridgehead atoms. The van der Waals surface area contributed by atoms with Gasteiger partial charge in [-0.05, 0) is 29.7 Å². The van der Waals surface area contributed by atoms with Crippen LogP contribution in [0.5, 0.6) is 11.5 Å². The van der Waals surface area contributed by atoms with Crippen LogP contribution in [0, 0.1) is 0 Å². The van der Waals surface area contributed by atoms with Gasteiger partial charge in [-0.1, -0.05) is 72.8 Å². The minimum absolute atomic E-state index is 0.0444. The summed E-state index contributed by atoms with van der Waals surface area (Å²) in [6.07, 6.45) is 0.744. The number of para-hydroxylation sites is 2. The maximum atomic E-state index is 12.5. The van der Waals surface area contributed by atoms with E-state index in [9.17, 15) is 4.79 Å². The van der Waals surface area contributed by atoms with Crippen LogP contribution in [0.25, 0.3) is 0 Å². The number of amides is 1. The van der Waals surface area contributed by atoms with Gasteiger partial charge < -0.3 is 20.1 Å². The van der Waals surface area contributed by atoms with Crippen LogP contribution in [0.15, 0.2) is 84.9 Å². The first kappa shape index (κ1) is 21.4. The molecule has 0 spiro atoms. The third kappa shape index (κ3) is 6.64. The number of methoxy groups -OCH3 is 1. The molecular weight excluding hydrogens is 376 g/mol. The Bertz CT molecular complexity index is 901. The lowest BCUT2D eigenvalue weighted by Gasteiger charge is -2.20. The van der Waals surface area contributed by atoms with Gasteiger partial charge in [-0.15, -0.1) is 0 Å². The fourth-order valence-electron chi connectivity index (χ4n) is 3.21. The van der Waals surface area contributed by atoms with Crippen LogP contribution in [0.1, 0.15) is 17.2 Å². The standard InChI is InChI=1S/C25H28N2O3/c1-29-23-14-8-9-15-24(23)30-17-16-26-19-25(28)27-22(21-12-6-3-7-13-21)18-20-10-4-2-5-11-20/h2-15,22,26H,16-19H2,1H3,(H,27,28)/t22-/m1/s1. The molecule has 0 saturated heterocycles. The van der Waals surface area contributed by atoms with Crippen LogP contribution in [0.3, 0.4) is 0 Å². The number of rotatable bonds is 11. The van der Waals surface area contributed by atoms with Crippen molar-refractivity contribution in [2.75, 3.05) is 26.8 Å². The fourth-order valence-corrected chi connectivity index (χ4v) is 3.21. The minimum atomic E-state index is -0.0762. The van der Waals surface area contributed by atoms with E-state index in [0.717, 1.165) is 12.0 Å². The van der Waals surface area contributed by atoms with Crippen molar-refractivity contribution in [3.05, 3.63) is 96.1 Å². The number of carbonyl (C=O) groups excluding carboxylic acids is 1. The van der Waals surface area contributed by atoms with Gasteiger partial charge in [0.1, 0.15) is 6.61 Å². The maximum Gasteiger partial charge on any atom is 0.234 e. The summed E-state index contributed by atoms with van der Waals surface area (Å²) in [7, 11) is 1.61. The molecule has 2 N–H and O–H groups in total. The third-order valence-corrected chi connectivity index (χ3v) is 4.71. The second kappa shape index (κ2) is 11.6. The molecule has 1 amide bonds. The summed E-state index contributed by atoms with van der Waals surface area (Å²) in [6.45, 7) is 1.23. The smallest absolute Gasteiger partial charge is 0.234 e. The van der Waals surface area contributed by atoms with E-state index in [1.165, 1.54) is 5.56 Å². The van der Waals surface area contributed by atoms with Gasteiger partial charge in [-0.2, -0.15) is 0 Å². The average Bonchev–Trinajstić information content (AvgIpc) is 2.80. The molecule has 30 heavy (non-hydrogen) atoms. The SMILES string of the molecule is COc1ccccc1OCCNCC(=O)N[C@H](Cc1ccccc1)c1ccccc1. The number of benzene rings is 3. The van der Waals surface area contributed by atoms with Crippen molar-refractivity contribution in [3.8, 4) is 11.5 Å². The Morgan fingerprint density at radius 3 is 2.20 bits per heavy atom. The van der Waals surface area contributed by atoms with Gasteiger partial charge in [-0.3, -0.25) is 4.79 Å². The van der Waals surface area contributed by atoms with Crippen molar-refractivity contribution in [1.82, 2.24) is 10.6 Å². The Balaban J connectivity index is 1.47. The van der Waals surface area contributed by atoms with E-state index < -0.39 is 0 Å². The number of carbonyl (C=O) groups is 1. The molecule has 3 rings (SSSR count). The topological polar surface area (TPSA) is 59.6 Å². The van der Waals surface area contributed by atoms with Crippen LogP contribution < -0.4 is 20.1 Å². The lowest BCUT2D eigenvalue weighted by molar-refractivity contribution is -0.121. The predicted octanol–water partition coefficient (Wildman–Crippen LogP) is 3.76. The molecule has 0 unspecified atom stereocenters. The molecule has 5 heteroatoms. The summed E-state index contributed by atoms with van der Waals surface area (Å²) in [4.78, 5) is 12.5. The quantitative estimate of drug-likeness (QED) is 0.478. The molecule has 0 aliphatic rings. The molecule has 5 nitrogen and oxygen atoms in total. The van der Waals surface area contributed by atoms with Gasteiger partial charge in [-0.25, -0.2) is 0 Å². The zero-order valence-electron chi connectivity index (χ0n) is 17.2. The van der Waals surface area contributed by atoms with Gasteiger partial charge in [0, 0.05) is 6.54 Å². The molecule has 0 radical (unpaired) electrons. The van der Waals surface area contributed by atoms with Crippen molar-refractivity contribution in [2.24, 2.45) is 0 Å². The molecule has 0 heterocycles. The first-order valence-corrected chi connectivity index (χ1v) is 10.1. The third-order valence-electron chi connectivity index (χ3n) is 4.71. The average molecular weight is 405 g/mol. The highest BCUT2D eigenvalue weighted by molar-refractivity contribution is 5.78. The summed E-state index contributed by atoms with van der Waals surface area (Å²) >= 11 is 0. The van der Waals surface area contributed by atoms with E-state index in [1.807, 2.05) is 72.8 Å². The maximum absolute atomic E-state index is 12.5. The molecule has 0 saturated carbocycles. The van der Waals surface area contributed by atoms with Gasteiger partial charge in [0.2, 0.25) is 5.91 Å². The molecule has 0 fully saturated rings. The summed E-state index contributed by atoms with van der Waals surface area (Å²) in [5.41, 5.74) is 2.28. The monoisotopic (exact) mass is 404 g/mol. The van der Waals surface area contributed by atoms with Gasteiger partial charge in [0.15, 0.2) is 11.5 Å². The van der Waals surface area contributed by atoms with Crippen LogP contribution >= 0.6 is 0 Å². The zero-order valence-corrected chi connectivity index (χ0v) is 17.2. The van der Waals surface area contributed by atoms with Gasteiger partial charge in [0.05, 0.1) is 19.7 Å². The lowest BCUT2D eigenvalue weighted by Crippen LogP contribution is -2.38. The summed E-state index contributed by atoms with van der Waals surface area (Å²) in [5.74, 6) is 1.34. The van der Waals surface area contributed by atoms with Crippen LogP contribution in [-0.4, -0.2) is 32.7 Å². The highest BCUT2D eigenvalue weighted by Gasteiger charge is 2.15. The second-order valence-corrected chi connectivity index (χ2v) is 6.90. The minimum Gasteiger partial charge on any atom is -0.493 e. The summed E-state index contributed by atoms with van der Waals surface area (Å²) in [6, 6.07) is 27.7. The Morgan fingerprint density at radius 2 is 1.50 bits per heavy atom. The molecule has 1 atom stereocenters. The largest absolute Gasteiger partial charge is 0.493 e. The first-order valence-electron chi connectivity index (χ1n) is 10.1. The summed E-state index contributed by atoms with van der Waals surface area (Å²) in [5, 5.41) is 6.28. The van der Waals surface area contributed by atoms with E-state index in [4.69, 9.17) is 9.47 Å². The lowest BCUT2D eigenvalue weighted by atomic mass is 9.99. The second-order valence-electron chi connectivity index (χ2n) is 6.90. The molecule has 0 aliphatic heterocycles. The predicted molar refractivity (Wildman–Crippen MR) is 119 cm³/mol. The van der Waals surface area contributed by atoms with Crippen molar-refractivity contribution < 1.29 is 14.3 Å².